The molecule has 4 aromatic rings. The molecule has 7 nitrogen and oxygen atoms in total. The summed E-state index contributed by atoms with van der Waals surface area (Å²) < 4.78 is 1.45. The number of aryl methyl sites for hydroxylation is 1. The Morgan fingerprint density at radius 2 is 1.83 bits per heavy atom. The van der Waals surface area contributed by atoms with Crippen LogP contribution in [0.1, 0.15) is 26.4 Å². The van der Waals surface area contributed by atoms with Crippen molar-refractivity contribution in [2.75, 3.05) is 5.32 Å². The molecule has 0 radical (unpaired) electrons. The van der Waals surface area contributed by atoms with Crippen molar-refractivity contribution in [2.24, 2.45) is 7.05 Å². The molecule has 0 fully saturated rings. The topological polar surface area (TPSA) is 108 Å². The molecule has 2 aromatic heterocycles. The number of benzene rings is 2. The van der Waals surface area contributed by atoms with Gasteiger partial charge < -0.3 is 14.9 Å². The molecule has 2 N–H and O–H groups in total. The van der Waals surface area contributed by atoms with E-state index in [1.165, 1.54) is 4.57 Å². The van der Waals surface area contributed by atoms with E-state index >= 15 is 0 Å². The summed E-state index contributed by atoms with van der Waals surface area (Å²) >= 11 is 0. The Hall–Kier alpha value is -4.44. The fraction of sp³-hybridized carbons (Fsp3) is 0.0435. The van der Waals surface area contributed by atoms with E-state index in [0.717, 1.165) is 17.4 Å². The van der Waals surface area contributed by atoms with Crippen LogP contribution in [0, 0.1) is 11.3 Å². The number of anilines is 1. The lowest BCUT2D eigenvalue weighted by molar-refractivity contribution is 0.102. The second-order valence-electron chi connectivity index (χ2n) is 6.81. The lowest BCUT2D eigenvalue weighted by Crippen LogP contribution is -2.17. The van der Waals surface area contributed by atoms with Crippen LogP contribution in [0.25, 0.3) is 22.0 Å². The fourth-order valence-electron chi connectivity index (χ4n) is 3.25. The van der Waals surface area contributed by atoms with Crippen molar-refractivity contribution in [2.45, 2.75) is 0 Å². The minimum atomic E-state index is -0.405. The minimum absolute atomic E-state index is 0.239. The van der Waals surface area contributed by atoms with Gasteiger partial charge >= 0.3 is 0 Å². The highest BCUT2D eigenvalue weighted by molar-refractivity contribution is 6.08. The number of aromatic amines is 1. The maximum Gasteiger partial charge on any atom is 0.274 e. The molecule has 0 bridgehead atoms. The monoisotopic (exact) mass is 396 g/mol. The van der Waals surface area contributed by atoms with E-state index in [0.29, 0.717) is 27.7 Å². The van der Waals surface area contributed by atoms with Crippen LogP contribution in [0.3, 0.4) is 0 Å². The van der Waals surface area contributed by atoms with Gasteiger partial charge in [-0.1, -0.05) is 12.1 Å². The van der Waals surface area contributed by atoms with Gasteiger partial charge in [0.25, 0.3) is 11.5 Å². The molecule has 146 valence electrons. The van der Waals surface area contributed by atoms with Crippen LogP contribution in [0.5, 0.6) is 0 Å². The van der Waals surface area contributed by atoms with Crippen LogP contribution < -0.4 is 10.9 Å². The minimum Gasteiger partial charge on any atom is -0.346 e. The van der Waals surface area contributed by atoms with Crippen LogP contribution in [0.15, 0.2) is 65.6 Å². The summed E-state index contributed by atoms with van der Waals surface area (Å²) in [7, 11) is 1.64. The van der Waals surface area contributed by atoms with Gasteiger partial charge in [0.1, 0.15) is 17.5 Å². The van der Waals surface area contributed by atoms with Crippen molar-refractivity contribution in [1.29, 1.82) is 5.26 Å². The van der Waals surface area contributed by atoms with E-state index in [1.54, 1.807) is 67.8 Å². The van der Waals surface area contributed by atoms with Gasteiger partial charge in [0.05, 0.1) is 11.6 Å². The second-order valence-corrected chi connectivity index (χ2v) is 6.81. The number of aromatic nitrogens is 2. The third kappa shape index (κ3) is 3.38. The fourth-order valence-corrected chi connectivity index (χ4v) is 3.25. The van der Waals surface area contributed by atoms with Crippen molar-refractivity contribution in [3.63, 3.8) is 0 Å². The van der Waals surface area contributed by atoms with E-state index in [-0.39, 0.29) is 11.3 Å². The summed E-state index contributed by atoms with van der Waals surface area (Å²) in [5, 5.41) is 12.4. The number of nitrogens with zero attached hydrogens (tertiary/aromatic N) is 2. The largest absolute Gasteiger partial charge is 0.346 e. The van der Waals surface area contributed by atoms with Gasteiger partial charge in [0.2, 0.25) is 0 Å². The second kappa shape index (κ2) is 7.53. The van der Waals surface area contributed by atoms with Crippen molar-refractivity contribution < 1.29 is 9.59 Å². The molecule has 2 heterocycles. The molecule has 0 spiro atoms. The lowest BCUT2D eigenvalue weighted by Gasteiger charge is -2.06. The first kappa shape index (κ1) is 18.9. The number of aldehydes is 1. The third-order valence-electron chi connectivity index (χ3n) is 4.84. The average Bonchev–Trinajstić information content (AvgIpc) is 3.23. The van der Waals surface area contributed by atoms with Gasteiger partial charge in [-0.25, -0.2) is 0 Å². The molecule has 4 rings (SSSR count). The van der Waals surface area contributed by atoms with Crippen molar-refractivity contribution in [1.82, 2.24) is 9.55 Å². The first-order valence-electron chi connectivity index (χ1n) is 9.09. The van der Waals surface area contributed by atoms with E-state index in [9.17, 15) is 14.4 Å². The number of hydrogen-bond acceptors (Lipinski definition) is 4. The van der Waals surface area contributed by atoms with Crippen molar-refractivity contribution in [3.05, 3.63) is 88.0 Å². The quantitative estimate of drug-likeness (QED) is 0.515. The number of H-pyrrole nitrogens is 1. The Balaban J connectivity index is 1.76. The van der Waals surface area contributed by atoms with Gasteiger partial charge in [-0.15, -0.1) is 0 Å². The first-order chi connectivity index (χ1) is 14.5. The van der Waals surface area contributed by atoms with Gasteiger partial charge in [-0.05, 0) is 48.0 Å². The molecular formula is C23H16N4O3. The zero-order chi connectivity index (χ0) is 21.3. The number of pyridine rings is 1. The number of carbonyl (C=O) groups is 2. The zero-order valence-electron chi connectivity index (χ0n) is 16.0. The normalized spacial score (nSPS) is 10.5. The van der Waals surface area contributed by atoms with Crippen LogP contribution in [-0.4, -0.2) is 21.7 Å². The van der Waals surface area contributed by atoms with Crippen molar-refractivity contribution >= 4 is 28.8 Å². The number of hydrogen-bond donors (Lipinski definition) is 2. The molecule has 0 aliphatic carbocycles. The number of nitrogens with one attached hydrogen (secondary N) is 2. The van der Waals surface area contributed by atoms with Crippen LogP contribution in [-0.2, 0) is 7.05 Å². The molecule has 0 saturated carbocycles. The summed E-state index contributed by atoms with van der Waals surface area (Å²) in [4.78, 5) is 39.0. The van der Waals surface area contributed by atoms with Crippen LogP contribution in [0.2, 0.25) is 0 Å². The summed E-state index contributed by atoms with van der Waals surface area (Å²) in [5.41, 5.74) is 3.47. The van der Waals surface area contributed by atoms with E-state index in [4.69, 9.17) is 5.26 Å². The molecule has 0 atom stereocenters. The Labute approximate surface area is 171 Å². The van der Waals surface area contributed by atoms with Gasteiger partial charge in [-0.3, -0.25) is 14.4 Å². The molecule has 2 aromatic carbocycles. The highest BCUT2D eigenvalue weighted by atomic mass is 16.2. The zero-order valence-corrected chi connectivity index (χ0v) is 16.0. The van der Waals surface area contributed by atoms with E-state index in [1.807, 2.05) is 0 Å². The van der Waals surface area contributed by atoms with Gasteiger partial charge in [-0.2, -0.15) is 5.26 Å². The molecule has 1 amide bonds. The molecule has 30 heavy (non-hydrogen) atoms. The number of rotatable bonds is 4. The summed E-state index contributed by atoms with van der Waals surface area (Å²) in [6, 6.07) is 17.2. The standard InChI is InChI=1S/C23H16N4O3/c1-27-12-19(16-6-2-14(11-24)3-7-16)18-10-20(26-21(18)23(27)30)22(29)25-17-8-4-15(13-28)5-9-17/h2-10,12-13,26H,1H3,(H,25,29). The Morgan fingerprint density at radius 1 is 1.13 bits per heavy atom. The molecule has 0 unspecified atom stereocenters. The van der Waals surface area contributed by atoms with Crippen LogP contribution in [0.4, 0.5) is 5.69 Å². The third-order valence-corrected chi connectivity index (χ3v) is 4.84. The molecule has 0 saturated heterocycles. The van der Waals surface area contributed by atoms with Gasteiger partial charge in [0.15, 0.2) is 0 Å². The van der Waals surface area contributed by atoms with E-state index < -0.39 is 5.91 Å². The molecule has 0 aliphatic rings. The number of amides is 1. The summed E-state index contributed by atoms with van der Waals surface area (Å²) in [6.07, 6.45) is 2.43. The number of nitriles is 1. The summed E-state index contributed by atoms with van der Waals surface area (Å²) in [5.74, 6) is -0.405. The summed E-state index contributed by atoms with van der Waals surface area (Å²) in [6.45, 7) is 0. The molecule has 7 heteroatoms. The maximum absolute atomic E-state index is 12.7. The average molecular weight is 396 g/mol. The predicted octanol–water partition coefficient (Wildman–Crippen LogP) is 3.47. The maximum atomic E-state index is 12.7. The van der Waals surface area contributed by atoms with Crippen LogP contribution >= 0.6 is 0 Å². The smallest absolute Gasteiger partial charge is 0.274 e. The Bertz CT molecular complexity index is 1370. The number of carbonyl (C=O) groups excluding carboxylic acids is 2. The Morgan fingerprint density at radius 3 is 2.47 bits per heavy atom. The highest BCUT2D eigenvalue weighted by Crippen LogP contribution is 2.28. The molecular weight excluding hydrogens is 380 g/mol. The first-order valence-corrected chi connectivity index (χ1v) is 9.09. The lowest BCUT2D eigenvalue weighted by atomic mass is 10.0. The SMILES string of the molecule is Cn1cc(-c2ccc(C#N)cc2)c2cc(C(=O)Nc3ccc(C=O)cc3)[nH]c2c1=O. The predicted molar refractivity (Wildman–Crippen MR) is 113 cm³/mol. The van der Waals surface area contributed by atoms with Crippen molar-refractivity contribution in [3.8, 4) is 17.2 Å². The van der Waals surface area contributed by atoms with Gasteiger partial charge in [0, 0.05) is 35.4 Å². The van der Waals surface area contributed by atoms with E-state index in [2.05, 4.69) is 16.4 Å². The Kier molecular flexibility index (Phi) is 4.74. The number of fused-ring (bicyclic) bond motifs is 1. The molecule has 0 aliphatic heterocycles. The highest BCUT2D eigenvalue weighted by Gasteiger charge is 2.16.